The first-order valence-electron chi connectivity index (χ1n) is 6.64. The third-order valence-corrected chi connectivity index (χ3v) is 5.06. The molecule has 18 heavy (non-hydrogen) atoms. The lowest BCUT2D eigenvalue weighted by Crippen LogP contribution is -2.48. The lowest BCUT2D eigenvalue weighted by molar-refractivity contribution is -0.134. The Balaban J connectivity index is 2.23. The quantitative estimate of drug-likeness (QED) is 0.585. The number of carboxylic acids is 1. The summed E-state index contributed by atoms with van der Waals surface area (Å²) in [5.74, 6) is -0.834. The van der Waals surface area contributed by atoms with Crippen LogP contribution in [0.3, 0.4) is 0 Å². The molecule has 2 N–H and O–H groups in total. The molecule has 0 bridgehead atoms. The van der Waals surface area contributed by atoms with E-state index in [1.54, 1.807) is 0 Å². The summed E-state index contributed by atoms with van der Waals surface area (Å²) in [5, 5.41) is 19.5. The van der Waals surface area contributed by atoms with Crippen molar-refractivity contribution in [1.29, 1.82) is 0 Å². The molecule has 3 heteroatoms. The van der Waals surface area contributed by atoms with Crippen molar-refractivity contribution in [2.24, 2.45) is 17.3 Å². The predicted molar refractivity (Wildman–Crippen MR) is 70.1 cm³/mol. The highest BCUT2D eigenvalue weighted by atomic mass is 16.4. The van der Waals surface area contributed by atoms with Crippen LogP contribution < -0.4 is 0 Å². The second-order valence-corrected chi connectivity index (χ2v) is 6.08. The first-order chi connectivity index (χ1) is 8.36. The molecule has 0 spiro atoms. The number of aliphatic hydroxyl groups is 1. The molecule has 0 amide bonds. The smallest absolute Gasteiger partial charge is 0.331 e. The van der Waals surface area contributed by atoms with E-state index in [0.717, 1.165) is 25.7 Å². The summed E-state index contributed by atoms with van der Waals surface area (Å²) < 4.78 is 0. The molecule has 100 valence electrons. The maximum Gasteiger partial charge on any atom is 0.331 e. The highest BCUT2D eigenvalue weighted by Crippen LogP contribution is 2.54. The van der Waals surface area contributed by atoms with E-state index in [9.17, 15) is 9.90 Å². The summed E-state index contributed by atoms with van der Waals surface area (Å²) in [4.78, 5) is 11.0. The second-order valence-electron chi connectivity index (χ2n) is 6.08. The predicted octanol–water partition coefficient (Wildman–Crippen LogP) is 2.76. The topological polar surface area (TPSA) is 57.5 Å². The Morgan fingerprint density at radius 2 is 2.11 bits per heavy atom. The van der Waals surface area contributed by atoms with Crippen molar-refractivity contribution in [2.45, 2.75) is 45.1 Å². The van der Waals surface area contributed by atoms with Gasteiger partial charge in [0, 0.05) is 11.0 Å². The number of carbonyl (C=O) groups is 1. The molecule has 4 unspecified atom stereocenters. The summed E-state index contributed by atoms with van der Waals surface area (Å²) in [5.41, 5.74) is 1.28. The standard InChI is InChI=1S/C15H22O3/c1-9-5-4-6-15(3)12(9)7-11(8-13(15)16)10(2)14(17)18/h11-13,16H,1-2,4-8H2,3H3,(H,17,18). The van der Waals surface area contributed by atoms with E-state index in [0.29, 0.717) is 6.42 Å². The van der Waals surface area contributed by atoms with Crippen LogP contribution in [-0.4, -0.2) is 22.3 Å². The zero-order valence-corrected chi connectivity index (χ0v) is 11.0. The molecule has 0 radical (unpaired) electrons. The molecule has 0 aliphatic heterocycles. The SMILES string of the molecule is C=C(C(=O)O)C1CC(O)C2(C)CCCC(=C)C2C1. The lowest BCUT2D eigenvalue weighted by Gasteiger charge is -2.51. The average molecular weight is 250 g/mol. The molecule has 2 aliphatic rings. The molecule has 4 atom stereocenters. The first-order valence-corrected chi connectivity index (χ1v) is 6.64. The minimum atomic E-state index is -0.947. The van der Waals surface area contributed by atoms with Crippen molar-refractivity contribution in [3.63, 3.8) is 0 Å². The first kappa shape index (κ1) is 13.3. The number of aliphatic carboxylic acids is 1. The van der Waals surface area contributed by atoms with Gasteiger partial charge in [-0.15, -0.1) is 0 Å². The van der Waals surface area contributed by atoms with E-state index in [2.05, 4.69) is 20.1 Å². The second kappa shape index (κ2) is 4.54. The van der Waals surface area contributed by atoms with Gasteiger partial charge in [-0.25, -0.2) is 4.79 Å². The normalized spacial score (nSPS) is 40.1. The Morgan fingerprint density at radius 1 is 1.44 bits per heavy atom. The van der Waals surface area contributed by atoms with Crippen molar-refractivity contribution >= 4 is 5.97 Å². The van der Waals surface area contributed by atoms with Gasteiger partial charge in [0.05, 0.1) is 6.10 Å². The van der Waals surface area contributed by atoms with Crippen LogP contribution in [0.1, 0.15) is 39.0 Å². The highest BCUT2D eigenvalue weighted by molar-refractivity contribution is 5.86. The van der Waals surface area contributed by atoms with Gasteiger partial charge in [0.2, 0.25) is 0 Å². The van der Waals surface area contributed by atoms with Gasteiger partial charge in [-0.1, -0.05) is 25.7 Å². The fourth-order valence-corrected chi connectivity index (χ4v) is 3.72. The third-order valence-electron chi connectivity index (χ3n) is 5.06. The van der Waals surface area contributed by atoms with Gasteiger partial charge in [-0.2, -0.15) is 0 Å². The largest absolute Gasteiger partial charge is 0.478 e. The van der Waals surface area contributed by atoms with Crippen LogP contribution in [0.25, 0.3) is 0 Å². The van der Waals surface area contributed by atoms with Gasteiger partial charge < -0.3 is 10.2 Å². The van der Waals surface area contributed by atoms with Crippen molar-refractivity contribution in [3.05, 3.63) is 24.3 Å². The van der Waals surface area contributed by atoms with Crippen LogP contribution in [-0.2, 0) is 4.79 Å². The van der Waals surface area contributed by atoms with Gasteiger partial charge in [-0.05, 0) is 43.9 Å². The van der Waals surface area contributed by atoms with E-state index < -0.39 is 12.1 Å². The maximum atomic E-state index is 11.0. The lowest BCUT2D eigenvalue weighted by atomic mass is 9.55. The molecule has 2 saturated carbocycles. The van der Waals surface area contributed by atoms with Crippen molar-refractivity contribution < 1.29 is 15.0 Å². The van der Waals surface area contributed by atoms with Gasteiger partial charge in [0.15, 0.2) is 0 Å². The van der Waals surface area contributed by atoms with Gasteiger partial charge in [0.25, 0.3) is 0 Å². The summed E-state index contributed by atoms with van der Waals surface area (Å²) >= 11 is 0. The molecule has 0 aromatic carbocycles. The van der Waals surface area contributed by atoms with E-state index in [1.807, 2.05) is 0 Å². The summed E-state index contributed by atoms with van der Waals surface area (Å²) in [6.45, 7) is 9.90. The average Bonchev–Trinajstić information content (AvgIpc) is 2.30. The van der Waals surface area contributed by atoms with Crippen LogP contribution in [0.2, 0.25) is 0 Å². The number of carboxylic acid groups (broad SMARTS) is 1. The molecule has 0 aromatic rings. The Labute approximate surface area is 108 Å². The fourth-order valence-electron chi connectivity index (χ4n) is 3.72. The summed E-state index contributed by atoms with van der Waals surface area (Å²) in [6.07, 6.45) is 3.93. The van der Waals surface area contributed by atoms with Gasteiger partial charge >= 0.3 is 5.97 Å². The maximum absolute atomic E-state index is 11.0. The van der Waals surface area contributed by atoms with E-state index in [1.165, 1.54) is 5.57 Å². The molecule has 0 aromatic heterocycles. The zero-order valence-electron chi connectivity index (χ0n) is 11.0. The molecule has 3 nitrogen and oxygen atoms in total. The Kier molecular flexibility index (Phi) is 3.37. The highest BCUT2D eigenvalue weighted by Gasteiger charge is 2.49. The number of fused-ring (bicyclic) bond motifs is 1. The third kappa shape index (κ3) is 2.01. The number of hydrogen-bond donors (Lipinski definition) is 2. The van der Waals surface area contributed by atoms with Gasteiger partial charge in [0.1, 0.15) is 0 Å². The molecular weight excluding hydrogens is 228 g/mol. The Morgan fingerprint density at radius 3 is 2.72 bits per heavy atom. The van der Waals surface area contributed by atoms with E-state index in [-0.39, 0.29) is 22.8 Å². The molecule has 0 saturated heterocycles. The monoisotopic (exact) mass is 250 g/mol. The molecular formula is C15H22O3. The van der Waals surface area contributed by atoms with Crippen molar-refractivity contribution in [2.75, 3.05) is 0 Å². The van der Waals surface area contributed by atoms with Crippen LogP contribution >= 0.6 is 0 Å². The number of aliphatic hydroxyl groups excluding tert-OH is 1. The summed E-state index contributed by atoms with van der Waals surface area (Å²) in [7, 11) is 0. The number of rotatable bonds is 2. The number of hydrogen-bond acceptors (Lipinski definition) is 2. The van der Waals surface area contributed by atoms with Gasteiger partial charge in [-0.3, -0.25) is 0 Å². The van der Waals surface area contributed by atoms with Crippen LogP contribution in [0.15, 0.2) is 24.3 Å². The van der Waals surface area contributed by atoms with E-state index >= 15 is 0 Å². The molecule has 2 aliphatic carbocycles. The van der Waals surface area contributed by atoms with Crippen LogP contribution in [0.4, 0.5) is 0 Å². The minimum Gasteiger partial charge on any atom is -0.478 e. The van der Waals surface area contributed by atoms with E-state index in [4.69, 9.17) is 5.11 Å². The minimum absolute atomic E-state index is 0.120. The fraction of sp³-hybridized carbons (Fsp3) is 0.667. The Bertz CT molecular complexity index is 399. The Hall–Kier alpha value is -1.09. The summed E-state index contributed by atoms with van der Waals surface area (Å²) in [6, 6.07) is 0. The van der Waals surface area contributed by atoms with Crippen molar-refractivity contribution in [1.82, 2.24) is 0 Å². The molecule has 2 fully saturated rings. The molecule has 0 heterocycles. The van der Waals surface area contributed by atoms with Crippen molar-refractivity contribution in [3.8, 4) is 0 Å². The van der Waals surface area contributed by atoms with Crippen LogP contribution in [0, 0.1) is 17.3 Å². The zero-order chi connectivity index (χ0) is 13.5. The molecule has 2 rings (SSSR count). The van der Waals surface area contributed by atoms with Crippen LogP contribution in [0.5, 0.6) is 0 Å². The number of allylic oxidation sites excluding steroid dienone is 1.